The molecule has 1 aromatic carbocycles. The zero-order valence-electron chi connectivity index (χ0n) is 14.1. The summed E-state index contributed by atoms with van der Waals surface area (Å²) in [6, 6.07) is 8.65. The van der Waals surface area contributed by atoms with Crippen molar-refractivity contribution in [2.75, 3.05) is 13.1 Å². The van der Waals surface area contributed by atoms with E-state index in [4.69, 9.17) is 0 Å². The quantitative estimate of drug-likeness (QED) is 0.818. The van der Waals surface area contributed by atoms with E-state index in [1.165, 1.54) is 6.33 Å². The fraction of sp³-hybridized carbons (Fsp3) is 0.368. The Morgan fingerprint density at radius 2 is 2.00 bits per heavy atom. The molecule has 2 heterocycles. The van der Waals surface area contributed by atoms with Gasteiger partial charge in [0, 0.05) is 18.7 Å². The van der Waals surface area contributed by atoms with Crippen molar-refractivity contribution >= 4 is 17.7 Å². The Morgan fingerprint density at radius 1 is 1.23 bits per heavy atom. The van der Waals surface area contributed by atoms with Gasteiger partial charge in [-0.25, -0.2) is 4.98 Å². The van der Waals surface area contributed by atoms with Crippen LogP contribution in [0.1, 0.15) is 45.8 Å². The van der Waals surface area contributed by atoms with Gasteiger partial charge in [-0.15, -0.1) is 0 Å². The minimum atomic E-state index is -0.848. The standard InChI is InChI=1S/C19H19N3O4/c23-16(12-5-2-1-3-6-12)14-15(21-11-20-14)17(24)22-9-13-7-4-8-19(13,10-22)18(25)26/h1-3,5-6,11,13H,4,7-10H2,(H,20,21)(H,25,26)/t13-,19+/m0/s1. The number of aromatic nitrogens is 2. The minimum absolute atomic E-state index is 0.0276. The number of aliphatic carboxylic acids is 1. The van der Waals surface area contributed by atoms with Crippen LogP contribution in [0.2, 0.25) is 0 Å². The Bertz CT molecular complexity index is 876. The molecular weight excluding hydrogens is 334 g/mol. The van der Waals surface area contributed by atoms with Crippen LogP contribution in [-0.2, 0) is 4.79 Å². The molecule has 2 aliphatic rings. The summed E-state index contributed by atoms with van der Waals surface area (Å²) in [7, 11) is 0. The SMILES string of the molecule is O=C(c1ccccc1)c1nc[nH]c1C(=O)N1C[C@@H]2CCC[C@@]2(C(=O)O)C1. The molecule has 0 bridgehead atoms. The highest BCUT2D eigenvalue weighted by molar-refractivity contribution is 6.13. The molecule has 7 heteroatoms. The van der Waals surface area contributed by atoms with Crippen LogP contribution < -0.4 is 0 Å². The number of hydrogen-bond acceptors (Lipinski definition) is 4. The number of carboxylic acid groups (broad SMARTS) is 1. The van der Waals surface area contributed by atoms with Gasteiger partial charge in [-0.05, 0) is 18.8 Å². The Labute approximate surface area is 150 Å². The van der Waals surface area contributed by atoms with Gasteiger partial charge in [0.1, 0.15) is 11.4 Å². The van der Waals surface area contributed by atoms with Crippen LogP contribution in [0.4, 0.5) is 0 Å². The molecule has 26 heavy (non-hydrogen) atoms. The summed E-state index contributed by atoms with van der Waals surface area (Å²) >= 11 is 0. The fourth-order valence-corrected chi connectivity index (χ4v) is 4.31. The van der Waals surface area contributed by atoms with Crippen molar-refractivity contribution in [3.8, 4) is 0 Å². The number of H-pyrrole nitrogens is 1. The largest absolute Gasteiger partial charge is 0.481 e. The van der Waals surface area contributed by atoms with E-state index in [0.717, 1.165) is 12.8 Å². The van der Waals surface area contributed by atoms with Crippen LogP contribution in [-0.4, -0.2) is 50.7 Å². The van der Waals surface area contributed by atoms with Crippen molar-refractivity contribution in [3.05, 3.63) is 53.6 Å². The van der Waals surface area contributed by atoms with Crippen LogP contribution in [0.15, 0.2) is 36.7 Å². The third-order valence-corrected chi connectivity index (χ3v) is 5.69. The molecule has 0 radical (unpaired) electrons. The molecule has 1 saturated carbocycles. The Hall–Kier alpha value is -2.96. The molecular formula is C19H19N3O4. The predicted octanol–water partition coefficient (Wildman–Crippen LogP) is 1.97. The molecule has 1 aliphatic carbocycles. The number of hydrogen-bond donors (Lipinski definition) is 2. The van der Waals surface area contributed by atoms with E-state index >= 15 is 0 Å². The van der Waals surface area contributed by atoms with E-state index < -0.39 is 11.4 Å². The summed E-state index contributed by atoms with van der Waals surface area (Å²) < 4.78 is 0. The van der Waals surface area contributed by atoms with E-state index in [-0.39, 0.29) is 35.5 Å². The molecule has 1 aliphatic heterocycles. The van der Waals surface area contributed by atoms with Gasteiger partial charge in [-0.1, -0.05) is 36.8 Å². The number of likely N-dealkylation sites (tertiary alicyclic amines) is 1. The molecule has 2 atom stereocenters. The maximum atomic E-state index is 13.0. The number of carbonyl (C=O) groups is 3. The van der Waals surface area contributed by atoms with Gasteiger partial charge in [0.15, 0.2) is 0 Å². The lowest BCUT2D eigenvalue weighted by molar-refractivity contribution is -0.149. The average molecular weight is 353 g/mol. The lowest BCUT2D eigenvalue weighted by Crippen LogP contribution is -2.37. The summed E-state index contributed by atoms with van der Waals surface area (Å²) in [5.41, 5.74) is -0.199. The van der Waals surface area contributed by atoms with Crippen LogP contribution in [0.3, 0.4) is 0 Å². The Kier molecular flexibility index (Phi) is 3.86. The molecule has 0 unspecified atom stereocenters. The van der Waals surface area contributed by atoms with E-state index in [9.17, 15) is 19.5 Å². The lowest BCUT2D eigenvalue weighted by Gasteiger charge is -2.23. The van der Waals surface area contributed by atoms with Crippen molar-refractivity contribution in [1.29, 1.82) is 0 Å². The van der Waals surface area contributed by atoms with Crippen molar-refractivity contribution < 1.29 is 19.5 Å². The third-order valence-electron chi connectivity index (χ3n) is 5.69. The topological polar surface area (TPSA) is 103 Å². The monoisotopic (exact) mass is 353 g/mol. The highest BCUT2D eigenvalue weighted by Crippen LogP contribution is 2.49. The number of fused-ring (bicyclic) bond motifs is 1. The maximum Gasteiger partial charge on any atom is 0.311 e. The first-order chi connectivity index (χ1) is 12.5. The first-order valence-corrected chi connectivity index (χ1v) is 8.69. The van der Waals surface area contributed by atoms with Crippen LogP contribution in [0.5, 0.6) is 0 Å². The summed E-state index contributed by atoms with van der Waals surface area (Å²) in [6.07, 6.45) is 3.61. The summed E-state index contributed by atoms with van der Waals surface area (Å²) in [5, 5.41) is 9.68. The number of benzene rings is 1. The average Bonchev–Trinajstić information content (AvgIpc) is 3.35. The van der Waals surface area contributed by atoms with Gasteiger partial charge in [-0.3, -0.25) is 14.4 Å². The number of nitrogens with one attached hydrogen (secondary N) is 1. The molecule has 1 saturated heterocycles. The van der Waals surface area contributed by atoms with Crippen LogP contribution >= 0.6 is 0 Å². The van der Waals surface area contributed by atoms with Gasteiger partial charge < -0.3 is 15.0 Å². The van der Waals surface area contributed by atoms with Crippen LogP contribution in [0.25, 0.3) is 0 Å². The molecule has 2 aromatic rings. The smallest absolute Gasteiger partial charge is 0.311 e. The van der Waals surface area contributed by atoms with E-state index in [2.05, 4.69) is 9.97 Å². The minimum Gasteiger partial charge on any atom is -0.481 e. The second-order valence-electron chi connectivity index (χ2n) is 7.06. The second kappa shape index (κ2) is 6.09. The highest BCUT2D eigenvalue weighted by atomic mass is 16.4. The number of ketones is 1. The van der Waals surface area contributed by atoms with Crippen molar-refractivity contribution in [3.63, 3.8) is 0 Å². The number of amides is 1. The number of imidazole rings is 1. The number of nitrogens with zero attached hydrogens (tertiary/aromatic N) is 2. The normalized spacial score (nSPS) is 24.5. The van der Waals surface area contributed by atoms with Gasteiger partial charge >= 0.3 is 5.97 Å². The third kappa shape index (κ3) is 2.42. The zero-order valence-corrected chi connectivity index (χ0v) is 14.1. The van der Waals surface area contributed by atoms with E-state index in [0.29, 0.717) is 18.5 Å². The fourth-order valence-electron chi connectivity index (χ4n) is 4.31. The van der Waals surface area contributed by atoms with Crippen molar-refractivity contribution in [2.24, 2.45) is 11.3 Å². The molecule has 2 N–H and O–H groups in total. The number of carbonyl (C=O) groups excluding carboxylic acids is 2. The van der Waals surface area contributed by atoms with Crippen molar-refractivity contribution in [2.45, 2.75) is 19.3 Å². The molecule has 7 nitrogen and oxygen atoms in total. The highest BCUT2D eigenvalue weighted by Gasteiger charge is 2.56. The predicted molar refractivity (Wildman–Crippen MR) is 91.8 cm³/mol. The second-order valence-corrected chi connectivity index (χ2v) is 7.06. The zero-order chi connectivity index (χ0) is 18.3. The van der Waals surface area contributed by atoms with Gasteiger partial charge in [0.05, 0.1) is 11.7 Å². The van der Waals surface area contributed by atoms with E-state index in [1.807, 2.05) is 6.07 Å². The molecule has 4 rings (SSSR count). The molecule has 134 valence electrons. The first-order valence-electron chi connectivity index (χ1n) is 8.69. The summed E-state index contributed by atoms with van der Waals surface area (Å²) in [5.74, 6) is -1.56. The number of rotatable bonds is 4. The maximum absolute atomic E-state index is 13.0. The molecule has 2 fully saturated rings. The van der Waals surface area contributed by atoms with Gasteiger partial charge in [0.25, 0.3) is 5.91 Å². The van der Waals surface area contributed by atoms with Crippen LogP contribution in [0, 0.1) is 11.3 Å². The summed E-state index contributed by atoms with van der Waals surface area (Å²) in [4.78, 5) is 45.8. The summed E-state index contributed by atoms with van der Waals surface area (Å²) in [6.45, 7) is 0.590. The first kappa shape index (κ1) is 16.5. The van der Waals surface area contributed by atoms with Gasteiger partial charge in [0.2, 0.25) is 5.78 Å². The Balaban J connectivity index is 1.60. The lowest BCUT2D eigenvalue weighted by atomic mass is 9.81. The number of aromatic amines is 1. The van der Waals surface area contributed by atoms with Crippen molar-refractivity contribution in [1.82, 2.24) is 14.9 Å². The molecule has 0 spiro atoms. The Morgan fingerprint density at radius 3 is 2.69 bits per heavy atom. The van der Waals surface area contributed by atoms with Gasteiger partial charge in [-0.2, -0.15) is 0 Å². The number of carboxylic acids is 1. The molecule has 1 aromatic heterocycles. The molecule has 1 amide bonds. The van der Waals surface area contributed by atoms with E-state index in [1.54, 1.807) is 29.2 Å².